The molecule has 0 spiro atoms. The predicted octanol–water partition coefficient (Wildman–Crippen LogP) is 0.566. The summed E-state index contributed by atoms with van der Waals surface area (Å²) in [6.07, 6.45) is 7.32. The molecular weight excluding hydrogens is 354 g/mol. The summed E-state index contributed by atoms with van der Waals surface area (Å²) >= 11 is 0. The number of hydrogen-bond donors (Lipinski definition) is 0. The summed E-state index contributed by atoms with van der Waals surface area (Å²) in [4.78, 5) is 12.5. The Balaban J connectivity index is 1.42. The number of hydrogen-bond acceptors (Lipinski definition) is 5. The van der Waals surface area contributed by atoms with E-state index < -0.39 is 10.0 Å². The first kappa shape index (κ1) is 17.4. The molecule has 0 radical (unpaired) electrons. The highest BCUT2D eigenvalue weighted by atomic mass is 32.2. The van der Waals surface area contributed by atoms with Crippen LogP contribution in [0.1, 0.15) is 30.5 Å². The van der Waals surface area contributed by atoms with Gasteiger partial charge in [-0.15, -0.1) is 0 Å². The molecule has 3 heterocycles. The molecule has 4 rings (SSSR count). The van der Waals surface area contributed by atoms with Crippen LogP contribution in [0.25, 0.3) is 0 Å². The van der Waals surface area contributed by atoms with Crippen LogP contribution in [0.15, 0.2) is 28.2 Å². The minimum atomic E-state index is -3.49. The van der Waals surface area contributed by atoms with Gasteiger partial charge in [0.2, 0.25) is 10.0 Å². The van der Waals surface area contributed by atoms with E-state index in [1.807, 2.05) is 0 Å². The number of sulfonamides is 1. The topological polar surface area (TPSA) is 90.1 Å². The first-order chi connectivity index (χ1) is 12.4. The molecule has 0 atom stereocenters. The van der Waals surface area contributed by atoms with Crippen LogP contribution in [-0.4, -0.2) is 45.4 Å². The lowest BCUT2D eigenvalue weighted by Gasteiger charge is -2.30. The van der Waals surface area contributed by atoms with Gasteiger partial charge in [0.25, 0.3) is 5.56 Å². The number of fused-ring (bicyclic) bond motifs is 1. The second kappa shape index (κ2) is 6.62. The van der Waals surface area contributed by atoms with Crippen LogP contribution in [0.3, 0.4) is 0 Å². The molecule has 1 aliphatic carbocycles. The van der Waals surface area contributed by atoms with Crippen molar-refractivity contribution in [3.63, 3.8) is 0 Å². The summed E-state index contributed by atoms with van der Waals surface area (Å²) in [6.45, 7) is 1.48. The quantitative estimate of drug-likeness (QED) is 0.777. The third-order valence-corrected chi connectivity index (χ3v) is 7.20. The number of aromatic nitrogens is 4. The first-order valence-electron chi connectivity index (χ1n) is 9.02. The maximum atomic E-state index is 12.7. The second-order valence-electron chi connectivity index (χ2n) is 7.19. The predicted molar refractivity (Wildman–Crippen MR) is 95.2 cm³/mol. The smallest absolute Gasteiger partial charge is 0.267 e. The molecule has 26 heavy (non-hydrogen) atoms. The average molecular weight is 377 g/mol. The van der Waals surface area contributed by atoms with Crippen molar-refractivity contribution in [2.75, 3.05) is 13.1 Å². The molecule has 0 aromatic carbocycles. The lowest BCUT2D eigenvalue weighted by Crippen LogP contribution is -2.40. The monoisotopic (exact) mass is 377 g/mol. The van der Waals surface area contributed by atoms with Crippen molar-refractivity contribution in [2.45, 2.75) is 43.5 Å². The molecular formula is C17H23N5O3S. The van der Waals surface area contributed by atoms with Crippen molar-refractivity contribution in [2.24, 2.45) is 13.0 Å². The Hall–Kier alpha value is -2.00. The van der Waals surface area contributed by atoms with E-state index in [0.29, 0.717) is 19.6 Å². The van der Waals surface area contributed by atoms with Gasteiger partial charge in [-0.3, -0.25) is 9.48 Å². The minimum Gasteiger partial charge on any atom is -0.274 e. The average Bonchev–Trinajstić information content (AvgIpc) is 3.24. The van der Waals surface area contributed by atoms with Crippen molar-refractivity contribution >= 4 is 10.0 Å². The molecule has 2 aliphatic rings. The number of aryl methyl sites for hydroxylation is 3. The van der Waals surface area contributed by atoms with Gasteiger partial charge in [-0.2, -0.15) is 14.5 Å². The summed E-state index contributed by atoms with van der Waals surface area (Å²) < 4.78 is 29.9. The normalized spacial score (nSPS) is 19.0. The van der Waals surface area contributed by atoms with Gasteiger partial charge in [-0.05, 0) is 43.6 Å². The van der Waals surface area contributed by atoms with Crippen molar-refractivity contribution in [3.8, 4) is 0 Å². The van der Waals surface area contributed by atoms with Crippen LogP contribution >= 0.6 is 0 Å². The van der Waals surface area contributed by atoms with E-state index in [-0.39, 0.29) is 16.4 Å². The lowest BCUT2D eigenvalue weighted by atomic mass is 9.98. The summed E-state index contributed by atoms with van der Waals surface area (Å²) in [7, 11) is -1.79. The third-order valence-electron chi connectivity index (χ3n) is 5.35. The SMILES string of the molecule is Cn1cc(S(=O)(=O)N2CCC(Cn3nc4c(cc3=O)CCC4)CC2)cn1. The fourth-order valence-electron chi connectivity index (χ4n) is 3.83. The molecule has 1 aliphatic heterocycles. The molecule has 0 bridgehead atoms. The van der Waals surface area contributed by atoms with Crippen LogP contribution in [-0.2, 0) is 36.5 Å². The Kier molecular flexibility index (Phi) is 4.44. The van der Waals surface area contributed by atoms with E-state index in [4.69, 9.17) is 0 Å². The molecule has 1 fully saturated rings. The summed E-state index contributed by atoms with van der Waals surface area (Å²) in [5.41, 5.74) is 2.08. The zero-order chi connectivity index (χ0) is 18.3. The molecule has 2 aromatic heterocycles. The summed E-state index contributed by atoms with van der Waals surface area (Å²) in [5, 5.41) is 8.48. The summed E-state index contributed by atoms with van der Waals surface area (Å²) in [5.74, 6) is 0.264. The Bertz CT molecular complexity index is 971. The van der Waals surface area contributed by atoms with Gasteiger partial charge < -0.3 is 0 Å². The molecule has 1 saturated heterocycles. The summed E-state index contributed by atoms with van der Waals surface area (Å²) in [6, 6.07) is 1.72. The van der Waals surface area contributed by atoms with Crippen molar-refractivity contribution in [1.82, 2.24) is 23.9 Å². The van der Waals surface area contributed by atoms with Gasteiger partial charge >= 0.3 is 0 Å². The molecule has 0 saturated carbocycles. The Labute approximate surface area is 152 Å². The highest BCUT2D eigenvalue weighted by Crippen LogP contribution is 2.24. The van der Waals surface area contributed by atoms with Crippen molar-refractivity contribution in [1.29, 1.82) is 0 Å². The standard InChI is InChI=1S/C17H23N5O3S/c1-20-12-15(10-18-20)26(24,25)21-7-5-13(6-8-21)11-22-17(23)9-14-3-2-4-16(14)19-22/h9-10,12-13H,2-8,11H2,1H3. The van der Waals surface area contributed by atoms with Crippen LogP contribution < -0.4 is 5.56 Å². The van der Waals surface area contributed by atoms with E-state index in [1.54, 1.807) is 17.8 Å². The zero-order valence-electron chi connectivity index (χ0n) is 14.8. The van der Waals surface area contributed by atoms with Gasteiger partial charge in [-0.1, -0.05) is 0 Å². The fraction of sp³-hybridized carbons (Fsp3) is 0.588. The van der Waals surface area contributed by atoms with Gasteiger partial charge in [0.05, 0.1) is 11.9 Å². The Morgan fingerprint density at radius 3 is 2.69 bits per heavy atom. The molecule has 8 nitrogen and oxygen atoms in total. The zero-order valence-corrected chi connectivity index (χ0v) is 15.7. The van der Waals surface area contributed by atoms with Crippen LogP contribution in [0.4, 0.5) is 0 Å². The highest BCUT2D eigenvalue weighted by Gasteiger charge is 2.30. The van der Waals surface area contributed by atoms with Crippen LogP contribution in [0.5, 0.6) is 0 Å². The fourth-order valence-corrected chi connectivity index (χ4v) is 5.28. The number of rotatable bonds is 4. The minimum absolute atomic E-state index is 0.0453. The number of nitrogens with zero attached hydrogens (tertiary/aromatic N) is 5. The molecule has 0 unspecified atom stereocenters. The highest BCUT2D eigenvalue weighted by molar-refractivity contribution is 7.89. The van der Waals surface area contributed by atoms with E-state index in [2.05, 4.69) is 10.2 Å². The van der Waals surface area contributed by atoms with Crippen molar-refractivity contribution < 1.29 is 8.42 Å². The molecule has 2 aromatic rings. The van der Waals surface area contributed by atoms with Gasteiger partial charge in [-0.25, -0.2) is 13.1 Å². The lowest BCUT2D eigenvalue weighted by molar-refractivity contribution is 0.244. The maximum absolute atomic E-state index is 12.7. The maximum Gasteiger partial charge on any atom is 0.267 e. The van der Waals surface area contributed by atoms with Gasteiger partial charge in [0, 0.05) is 38.9 Å². The van der Waals surface area contributed by atoms with Gasteiger partial charge in [0.1, 0.15) is 4.90 Å². The Morgan fingerprint density at radius 1 is 1.23 bits per heavy atom. The first-order valence-corrected chi connectivity index (χ1v) is 10.5. The van der Waals surface area contributed by atoms with E-state index >= 15 is 0 Å². The second-order valence-corrected chi connectivity index (χ2v) is 9.13. The van der Waals surface area contributed by atoms with Crippen LogP contribution in [0.2, 0.25) is 0 Å². The van der Waals surface area contributed by atoms with Gasteiger partial charge in [0.15, 0.2) is 0 Å². The Morgan fingerprint density at radius 2 is 2.00 bits per heavy atom. The van der Waals surface area contributed by atoms with E-state index in [9.17, 15) is 13.2 Å². The third kappa shape index (κ3) is 3.21. The molecule has 0 N–H and O–H groups in total. The largest absolute Gasteiger partial charge is 0.274 e. The van der Waals surface area contributed by atoms with Crippen molar-refractivity contribution in [3.05, 3.63) is 40.1 Å². The van der Waals surface area contributed by atoms with E-state index in [1.165, 1.54) is 21.4 Å². The van der Waals surface area contributed by atoms with E-state index in [0.717, 1.165) is 43.4 Å². The molecule has 9 heteroatoms. The number of piperidine rings is 1. The van der Waals surface area contributed by atoms with Crippen LogP contribution in [0, 0.1) is 5.92 Å². The molecule has 0 amide bonds. The molecule has 140 valence electrons.